The molecular weight excluding hydrogens is 522 g/mol. The van der Waals surface area contributed by atoms with E-state index in [0.29, 0.717) is 5.69 Å². The third-order valence-corrected chi connectivity index (χ3v) is 2.77. The zero-order valence-electron chi connectivity index (χ0n) is 15.4. The predicted molar refractivity (Wildman–Crippen MR) is 102 cm³/mol. The smallest absolute Gasteiger partial charge is 0.501 e. The van der Waals surface area contributed by atoms with Crippen molar-refractivity contribution in [3.05, 3.63) is 90.6 Å². The molecule has 3 rings (SSSR count). The van der Waals surface area contributed by atoms with Crippen molar-refractivity contribution in [1.82, 2.24) is 4.98 Å². The summed E-state index contributed by atoms with van der Waals surface area (Å²) in [6.45, 7) is 10.8. The fourth-order valence-corrected chi connectivity index (χ4v) is 1.49. The average molecular weight is 544 g/mol. The van der Waals surface area contributed by atoms with Crippen LogP contribution < -0.4 is 0 Å². The van der Waals surface area contributed by atoms with Crippen molar-refractivity contribution in [2.24, 2.45) is 4.99 Å². The molecule has 0 saturated carbocycles. The second-order valence-corrected chi connectivity index (χ2v) is 6.13. The molecule has 0 aliphatic rings. The molecule has 5 heteroatoms. The number of pyridine rings is 1. The first-order valence-electron chi connectivity index (χ1n) is 7.95. The van der Waals surface area contributed by atoms with Crippen LogP contribution in [0.4, 0.5) is 8.78 Å². The summed E-state index contributed by atoms with van der Waals surface area (Å²) < 4.78 is 25.8. The first kappa shape index (κ1) is 24.8. The average Bonchev–Trinajstić information content (AvgIpc) is 2.64. The van der Waals surface area contributed by atoms with E-state index in [2.05, 4.69) is 22.1 Å². The molecule has 0 aliphatic heterocycles. The Morgan fingerprint density at radius 2 is 1.67 bits per heavy atom. The van der Waals surface area contributed by atoms with Gasteiger partial charge < -0.3 is 16.7 Å². The maximum atomic E-state index is 13.2. The van der Waals surface area contributed by atoms with E-state index < -0.39 is 11.6 Å². The molecule has 0 aliphatic carbocycles. The van der Waals surface area contributed by atoms with Gasteiger partial charge in [-0.2, -0.15) is 36.4 Å². The SMILES string of the molecule is Fc1c[c-]c(-c2ccccn2)c(F)c1.[CH-]=NC(C)(C)C.[Ir+3].[c-]1ccccc1. The number of benzene rings is 2. The normalized spacial score (nSPS) is 9.52. The summed E-state index contributed by atoms with van der Waals surface area (Å²) >= 11 is 0. The van der Waals surface area contributed by atoms with E-state index in [1.54, 1.807) is 24.4 Å². The number of halogens is 2. The second kappa shape index (κ2) is 13.0. The standard InChI is InChI=1S/C11H6F2N.C6H5.C5H10N.Ir/c12-8-4-5-9(10(13)7-8)11-3-1-2-6-14-11;1-2-4-6-5-3-1;1-5(2,3)6-4;/h1-4,6-7H;1-5H;4H,1-3H3;/q3*-1;+3. The van der Waals surface area contributed by atoms with Gasteiger partial charge in [-0.05, 0) is 32.5 Å². The van der Waals surface area contributed by atoms with Gasteiger partial charge in [0.15, 0.2) is 0 Å². The van der Waals surface area contributed by atoms with Crippen LogP contribution in [0.5, 0.6) is 0 Å². The molecule has 0 unspecified atom stereocenters. The van der Waals surface area contributed by atoms with E-state index in [1.807, 2.05) is 51.1 Å². The van der Waals surface area contributed by atoms with Crippen LogP contribution in [-0.2, 0) is 20.1 Å². The molecule has 2 aromatic carbocycles. The van der Waals surface area contributed by atoms with Gasteiger partial charge in [0.25, 0.3) is 0 Å². The summed E-state index contributed by atoms with van der Waals surface area (Å²) in [5.74, 6) is -1.29. The molecule has 0 fully saturated rings. The van der Waals surface area contributed by atoms with Gasteiger partial charge in [0, 0.05) is 23.4 Å². The molecule has 1 aromatic heterocycles. The van der Waals surface area contributed by atoms with Gasteiger partial charge in [-0.1, -0.05) is 23.8 Å². The molecule has 0 saturated heterocycles. The van der Waals surface area contributed by atoms with Crippen molar-refractivity contribution in [1.29, 1.82) is 0 Å². The van der Waals surface area contributed by atoms with Crippen LogP contribution in [0.15, 0.2) is 71.9 Å². The number of nitrogens with zero attached hydrogens (tertiary/aromatic N) is 2. The molecule has 1 heterocycles. The number of hydrogen-bond donors (Lipinski definition) is 0. The Labute approximate surface area is 173 Å². The van der Waals surface area contributed by atoms with Gasteiger partial charge in [-0.15, -0.1) is 12.1 Å². The largest absolute Gasteiger partial charge is 3.00 e. The molecule has 0 amide bonds. The summed E-state index contributed by atoms with van der Waals surface area (Å²) in [5, 5.41) is 0. The molecule has 0 atom stereocenters. The van der Waals surface area contributed by atoms with Crippen molar-refractivity contribution >= 4 is 6.72 Å². The maximum absolute atomic E-state index is 13.2. The molecule has 0 spiro atoms. The van der Waals surface area contributed by atoms with E-state index in [4.69, 9.17) is 6.72 Å². The molecule has 142 valence electrons. The van der Waals surface area contributed by atoms with Crippen LogP contribution in [0.1, 0.15) is 20.8 Å². The van der Waals surface area contributed by atoms with E-state index in [-0.39, 0.29) is 31.2 Å². The maximum Gasteiger partial charge on any atom is 3.00 e. The first-order chi connectivity index (χ1) is 12.3. The van der Waals surface area contributed by atoms with Crippen LogP contribution in [0.25, 0.3) is 11.3 Å². The fraction of sp³-hybridized carbons (Fsp3) is 0.182. The van der Waals surface area contributed by atoms with Crippen LogP contribution in [-0.4, -0.2) is 17.2 Å². The van der Waals surface area contributed by atoms with Crippen molar-refractivity contribution in [3.63, 3.8) is 0 Å². The minimum absolute atomic E-state index is 0. The van der Waals surface area contributed by atoms with E-state index in [0.717, 1.165) is 12.1 Å². The minimum Gasteiger partial charge on any atom is -0.501 e. The number of aliphatic imine (C=N–C) groups is 1. The van der Waals surface area contributed by atoms with E-state index in [9.17, 15) is 8.78 Å². The van der Waals surface area contributed by atoms with Crippen LogP contribution in [0, 0.1) is 23.8 Å². The van der Waals surface area contributed by atoms with Crippen LogP contribution >= 0.6 is 0 Å². The number of aromatic nitrogens is 1. The third kappa shape index (κ3) is 11.2. The van der Waals surface area contributed by atoms with Gasteiger partial charge in [0.2, 0.25) is 0 Å². The zero-order chi connectivity index (χ0) is 19.4. The first-order valence-corrected chi connectivity index (χ1v) is 7.95. The molecule has 0 bridgehead atoms. The minimum atomic E-state index is -0.649. The molecule has 27 heavy (non-hydrogen) atoms. The van der Waals surface area contributed by atoms with Gasteiger partial charge in [0.1, 0.15) is 0 Å². The van der Waals surface area contributed by atoms with Crippen LogP contribution in [0.3, 0.4) is 0 Å². The van der Waals surface area contributed by atoms with Gasteiger partial charge in [-0.25, -0.2) is 0 Å². The summed E-state index contributed by atoms with van der Waals surface area (Å²) in [4.78, 5) is 7.47. The van der Waals surface area contributed by atoms with Crippen LogP contribution in [0.2, 0.25) is 0 Å². The van der Waals surface area contributed by atoms with Crippen molar-refractivity contribution in [2.45, 2.75) is 26.3 Å². The predicted octanol–water partition coefficient (Wildman–Crippen LogP) is 5.67. The summed E-state index contributed by atoms with van der Waals surface area (Å²) in [6.07, 6.45) is 1.55. The van der Waals surface area contributed by atoms with Crippen molar-refractivity contribution < 1.29 is 28.9 Å². The summed E-state index contributed by atoms with van der Waals surface area (Å²) in [7, 11) is 0. The van der Waals surface area contributed by atoms with Gasteiger partial charge in [0.05, 0.1) is 0 Å². The molecule has 2 nitrogen and oxygen atoms in total. The quantitative estimate of drug-likeness (QED) is 0.287. The Balaban J connectivity index is 0.000000436. The van der Waals surface area contributed by atoms with Crippen molar-refractivity contribution in [3.8, 4) is 11.3 Å². The monoisotopic (exact) mass is 544 g/mol. The summed E-state index contributed by atoms with van der Waals surface area (Å²) in [6, 6.07) is 22.0. The van der Waals surface area contributed by atoms with E-state index in [1.165, 1.54) is 0 Å². The molecular formula is C22H21F2IrN2. The zero-order valence-corrected chi connectivity index (χ0v) is 17.8. The Morgan fingerprint density at radius 1 is 1.04 bits per heavy atom. The molecule has 0 N–H and O–H groups in total. The van der Waals surface area contributed by atoms with Gasteiger partial charge in [-0.3, -0.25) is 8.78 Å². The molecule has 3 aromatic rings. The Hall–Kier alpha value is -2.23. The Morgan fingerprint density at radius 3 is 2.04 bits per heavy atom. The third-order valence-electron chi connectivity index (χ3n) is 2.77. The molecule has 0 radical (unpaired) electrons. The van der Waals surface area contributed by atoms with Gasteiger partial charge >= 0.3 is 20.1 Å². The van der Waals surface area contributed by atoms with E-state index >= 15 is 0 Å². The summed E-state index contributed by atoms with van der Waals surface area (Å²) in [5.41, 5.74) is 0.581. The Bertz CT molecular complexity index is 747. The fourth-order valence-electron chi connectivity index (χ4n) is 1.49. The second-order valence-electron chi connectivity index (χ2n) is 6.13. The number of hydrogen-bond acceptors (Lipinski definition) is 2. The topological polar surface area (TPSA) is 25.2 Å². The Kier molecular flexibility index (Phi) is 11.9. The van der Waals surface area contributed by atoms with Crippen molar-refractivity contribution in [2.75, 3.05) is 0 Å². The number of rotatable bonds is 1.